The number of ether oxygens (including phenoxy) is 1. The first-order valence-electron chi connectivity index (χ1n) is 4.41. The number of primary amides is 1. The van der Waals surface area contributed by atoms with E-state index in [0.29, 0.717) is 0 Å². The van der Waals surface area contributed by atoms with E-state index in [1.54, 1.807) is 0 Å². The van der Waals surface area contributed by atoms with Crippen LogP contribution >= 0.6 is 0 Å². The molecule has 1 aromatic rings. The van der Waals surface area contributed by atoms with Crippen molar-refractivity contribution in [3.8, 4) is 5.75 Å². The SMILES string of the molecule is CC(O)(C(N)=O)c1cccc(OC(F)F)c1. The number of carbonyl (C=O) groups excluding carboxylic acids is 1. The molecule has 1 rings (SSSR count). The van der Waals surface area contributed by atoms with Gasteiger partial charge in [0.05, 0.1) is 0 Å². The van der Waals surface area contributed by atoms with Crippen molar-refractivity contribution in [3.05, 3.63) is 29.8 Å². The van der Waals surface area contributed by atoms with Crippen LogP contribution < -0.4 is 10.5 Å². The van der Waals surface area contributed by atoms with E-state index in [1.807, 2.05) is 0 Å². The maximum atomic E-state index is 11.9. The monoisotopic (exact) mass is 231 g/mol. The second kappa shape index (κ2) is 4.44. The molecule has 0 radical (unpaired) electrons. The molecule has 0 fully saturated rings. The first kappa shape index (κ1) is 12.4. The molecule has 1 amide bonds. The number of alkyl halides is 2. The molecule has 0 saturated heterocycles. The van der Waals surface area contributed by atoms with Crippen LogP contribution in [0.4, 0.5) is 8.78 Å². The van der Waals surface area contributed by atoms with Gasteiger partial charge in [-0.2, -0.15) is 8.78 Å². The van der Waals surface area contributed by atoms with Crippen molar-refractivity contribution >= 4 is 5.91 Å². The van der Waals surface area contributed by atoms with E-state index in [2.05, 4.69) is 4.74 Å². The van der Waals surface area contributed by atoms with E-state index in [9.17, 15) is 18.7 Å². The van der Waals surface area contributed by atoms with Crippen molar-refractivity contribution in [1.82, 2.24) is 0 Å². The first-order valence-corrected chi connectivity index (χ1v) is 4.41. The normalized spacial score (nSPS) is 14.6. The van der Waals surface area contributed by atoms with Gasteiger partial charge in [0.1, 0.15) is 5.75 Å². The van der Waals surface area contributed by atoms with Gasteiger partial charge in [-0.3, -0.25) is 4.79 Å². The first-order chi connectivity index (χ1) is 7.34. The number of carbonyl (C=O) groups is 1. The van der Waals surface area contributed by atoms with E-state index in [0.717, 1.165) is 6.07 Å². The summed E-state index contributed by atoms with van der Waals surface area (Å²) in [6.45, 7) is -1.79. The lowest BCUT2D eigenvalue weighted by Crippen LogP contribution is -2.38. The maximum Gasteiger partial charge on any atom is 0.387 e. The molecular weight excluding hydrogens is 220 g/mol. The van der Waals surface area contributed by atoms with Gasteiger partial charge >= 0.3 is 6.61 Å². The Kier molecular flexibility index (Phi) is 3.44. The van der Waals surface area contributed by atoms with E-state index in [1.165, 1.54) is 25.1 Å². The molecule has 16 heavy (non-hydrogen) atoms. The quantitative estimate of drug-likeness (QED) is 0.811. The summed E-state index contributed by atoms with van der Waals surface area (Å²) < 4.78 is 28.0. The lowest BCUT2D eigenvalue weighted by atomic mass is 9.95. The van der Waals surface area contributed by atoms with Gasteiger partial charge in [0.15, 0.2) is 5.60 Å². The lowest BCUT2D eigenvalue weighted by Gasteiger charge is -2.20. The molecule has 0 spiro atoms. The largest absolute Gasteiger partial charge is 0.435 e. The van der Waals surface area contributed by atoms with Crippen molar-refractivity contribution in [2.75, 3.05) is 0 Å². The molecule has 3 N–H and O–H groups in total. The van der Waals surface area contributed by atoms with Crippen molar-refractivity contribution in [2.24, 2.45) is 5.73 Å². The lowest BCUT2D eigenvalue weighted by molar-refractivity contribution is -0.135. The smallest absolute Gasteiger partial charge is 0.387 e. The zero-order chi connectivity index (χ0) is 12.3. The molecule has 88 valence electrons. The summed E-state index contributed by atoms with van der Waals surface area (Å²) in [5.41, 5.74) is 3.16. The minimum atomic E-state index is -2.96. The molecule has 0 aliphatic carbocycles. The zero-order valence-electron chi connectivity index (χ0n) is 8.48. The Labute approximate surface area is 90.6 Å². The average molecular weight is 231 g/mol. The van der Waals surface area contributed by atoms with Crippen LogP contribution in [0, 0.1) is 0 Å². The Morgan fingerprint density at radius 3 is 2.69 bits per heavy atom. The Bertz CT molecular complexity index is 393. The van der Waals surface area contributed by atoms with E-state index < -0.39 is 18.1 Å². The number of aliphatic hydroxyl groups is 1. The van der Waals surface area contributed by atoms with Gasteiger partial charge in [0.2, 0.25) is 0 Å². The van der Waals surface area contributed by atoms with Crippen molar-refractivity contribution in [1.29, 1.82) is 0 Å². The van der Waals surface area contributed by atoms with Gasteiger partial charge < -0.3 is 15.6 Å². The zero-order valence-corrected chi connectivity index (χ0v) is 8.48. The average Bonchev–Trinajstić information content (AvgIpc) is 2.16. The number of hydrogen-bond donors (Lipinski definition) is 2. The molecule has 0 bridgehead atoms. The summed E-state index contributed by atoms with van der Waals surface area (Å²) in [6.07, 6.45) is 0. The van der Waals surface area contributed by atoms with Crippen LogP contribution in [0.15, 0.2) is 24.3 Å². The minimum Gasteiger partial charge on any atom is -0.435 e. The fourth-order valence-electron chi connectivity index (χ4n) is 1.12. The molecule has 0 heterocycles. The number of rotatable bonds is 4. The highest BCUT2D eigenvalue weighted by atomic mass is 19.3. The van der Waals surface area contributed by atoms with Gasteiger partial charge in [-0.25, -0.2) is 0 Å². The topological polar surface area (TPSA) is 72.5 Å². The third kappa shape index (κ3) is 2.66. The number of hydrogen-bond acceptors (Lipinski definition) is 3. The number of benzene rings is 1. The van der Waals surface area contributed by atoms with Gasteiger partial charge in [0.25, 0.3) is 5.91 Å². The highest BCUT2D eigenvalue weighted by molar-refractivity contribution is 5.84. The minimum absolute atomic E-state index is 0.0955. The predicted octanol–water partition coefficient (Wildman–Crippen LogP) is 0.981. The molecule has 1 unspecified atom stereocenters. The molecule has 6 heteroatoms. The second-order valence-electron chi connectivity index (χ2n) is 3.34. The summed E-state index contributed by atoms with van der Waals surface area (Å²) >= 11 is 0. The van der Waals surface area contributed by atoms with Crippen LogP contribution in [-0.2, 0) is 10.4 Å². The van der Waals surface area contributed by atoms with E-state index >= 15 is 0 Å². The van der Waals surface area contributed by atoms with Gasteiger partial charge in [-0.15, -0.1) is 0 Å². The standard InChI is InChI=1S/C10H11F2NO3/c1-10(15,8(13)14)6-3-2-4-7(5-6)16-9(11)12/h2-5,9,15H,1H3,(H2,13,14). The fraction of sp³-hybridized carbons (Fsp3) is 0.300. The number of halogens is 2. The van der Waals surface area contributed by atoms with Gasteiger partial charge in [0, 0.05) is 0 Å². The molecule has 4 nitrogen and oxygen atoms in total. The van der Waals surface area contributed by atoms with E-state index in [-0.39, 0.29) is 11.3 Å². The molecule has 0 aliphatic heterocycles. The third-order valence-corrected chi connectivity index (χ3v) is 2.10. The summed E-state index contributed by atoms with van der Waals surface area (Å²) in [7, 11) is 0. The molecule has 0 aromatic heterocycles. The summed E-state index contributed by atoms with van der Waals surface area (Å²) in [5, 5.41) is 9.70. The van der Waals surface area contributed by atoms with Gasteiger partial charge in [-0.1, -0.05) is 12.1 Å². The van der Waals surface area contributed by atoms with Crippen LogP contribution in [0.3, 0.4) is 0 Å². The van der Waals surface area contributed by atoms with Crippen molar-refractivity contribution in [2.45, 2.75) is 19.1 Å². The van der Waals surface area contributed by atoms with Gasteiger partial charge in [-0.05, 0) is 24.6 Å². The fourth-order valence-corrected chi connectivity index (χ4v) is 1.12. The molecule has 1 aromatic carbocycles. The summed E-state index contributed by atoms with van der Waals surface area (Å²) in [6, 6.07) is 5.19. The van der Waals surface area contributed by atoms with Crippen LogP contribution in [0.5, 0.6) is 5.75 Å². The Morgan fingerprint density at radius 1 is 1.56 bits per heavy atom. The Morgan fingerprint density at radius 2 is 2.19 bits per heavy atom. The summed E-state index contributed by atoms with van der Waals surface area (Å²) in [5.74, 6) is -1.12. The Hall–Kier alpha value is -1.69. The Balaban J connectivity index is 3.03. The van der Waals surface area contributed by atoms with Crippen LogP contribution in [0.1, 0.15) is 12.5 Å². The van der Waals surface area contributed by atoms with Crippen LogP contribution in [-0.4, -0.2) is 17.6 Å². The number of amides is 1. The van der Waals surface area contributed by atoms with Crippen molar-refractivity contribution < 1.29 is 23.4 Å². The van der Waals surface area contributed by atoms with Crippen LogP contribution in [0.2, 0.25) is 0 Å². The molecule has 1 atom stereocenters. The molecular formula is C10H11F2NO3. The highest BCUT2D eigenvalue weighted by Crippen LogP contribution is 2.24. The number of nitrogens with two attached hydrogens (primary N) is 1. The predicted molar refractivity (Wildman–Crippen MR) is 51.8 cm³/mol. The molecule has 0 saturated carbocycles. The third-order valence-electron chi connectivity index (χ3n) is 2.10. The maximum absolute atomic E-state index is 11.9. The highest BCUT2D eigenvalue weighted by Gasteiger charge is 2.30. The van der Waals surface area contributed by atoms with Crippen LogP contribution in [0.25, 0.3) is 0 Å². The molecule has 0 aliphatic rings. The van der Waals surface area contributed by atoms with Crippen molar-refractivity contribution in [3.63, 3.8) is 0 Å². The second-order valence-corrected chi connectivity index (χ2v) is 3.34. The summed E-state index contributed by atoms with van der Waals surface area (Å²) in [4.78, 5) is 10.9. The van der Waals surface area contributed by atoms with E-state index in [4.69, 9.17) is 5.73 Å².